The van der Waals surface area contributed by atoms with Gasteiger partial charge >= 0.3 is 10.00 Å². The lowest BCUT2D eigenvalue weighted by molar-refractivity contribution is -0.172. The summed E-state index contributed by atoms with van der Waals surface area (Å²) in [5.74, 6) is 1.51. The van der Waals surface area contributed by atoms with Crippen molar-refractivity contribution in [3.8, 4) is 16.7 Å². The summed E-state index contributed by atoms with van der Waals surface area (Å²) < 4.78 is 10.5. The molecule has 0 unspecified atom stereocenters. The second kappa shape index (κ2) is 5.83. The molecule has 0 aliphatic heterocycles. The van der Waals surface area contributed by atoms with Crippen molar-refractivity contribution >= 4 is 20.7 Å². The number of methoxy groups -OCH3 is 1. The number of benzene rings is 1. The van der Waals surface area contributed by atoms with Crippen LogP contribution in [0.4, 0.5) is 0 Å². The maximum atomic E-state index is 5.50. The normalized spacial score (nSPS) is 9.31. The average Bonchev–Trinajstić information content (AvgIpc) is 2.65. The molecular weight excluding hydrogens is 268 g/mol. The fourth-order valence-electron chi connectivity index (χ4n) is 0.990. The molecule has 2 aromatic rings. The summed E-state index contributed by atoms with van der Waals surface area (Å²) in [5, 5.41) is 6.05. The SMILES string of the molecule is COc1ccc(Oc2nc(=[NH2+])ss2)cc1.[Cl-]. The van der Waals surface area contributed by atoms with Crippen molar-refractivity contribution in [3.05, 3.63) is 29.1 Å². The van der Waals surface area contributed by atoms with Crippen LogP contribution in [0.1, 0.15) is 0 Å². The highest BCUT2D eigenvalue weighted by Gasteiger charge is 2.08. The Morgan fingerprint density at radius 3 is 2.25 bits per heavy atom. The largest absolute Gasteiger partial charge is 1.00 e. The predicted molar refractivity (Wildman–Crippen MR) is 58.1 cm³/mol. The lowest BCUT2D eigenvalue weighted by Gasteiger charge is -2.00. The fourth-order valence-corrected chi connectivity index (χ4v) is 2.39. The van der Waals surface area contributed by atoms with Gasteiger partial charge in [-0.05, 0) is 24.3 Å². The Morgan fingerprint density at radius 1 is 1.12 bits per heavy atom. The zero-order valence-electron chi connectivity index (χ0n) is 8.34. The average molecular weight is 277 g/mol. The van der Waals surface area contributed by atoms with Gasteiger partial charge in [-0.2, -0.15) is 0 Å². The number of nitrogens with two attached hydrogens (primary N) is 1. The molecule has 1 heterocycles. The number of halogens is 1. The summed E-state index contributed by atoms with van der Waals surface area (Å²) in [6, 6.07) is 7.30. The number of rotatable bonds is 3. The third-order valence-corrected chi connectivity index (χ3v) is 3.52. The topological polar surface area (TPSA) is 56.9 Å². The van der Waals surface area contributed by atoms with Crippen LogP contribution in [0, 0.1) is 0 Å². The molecule has 0 bridgehead atoms. The zero-order valence-corrected chi connectivity index (χ0v) is 10.7. The smallest absolute Gasteiger partial charge is 0.405 e. The van der Waals surface area contributed by atoms with E-state index >= 15 is 0 Å². The summed E-state index contributed by atoms with van der Waals surface area (Å²) in [6.07, 6.45) is 0. The predicted octanol–water partition coefficient (Wildman–Crippen LogP) is -2.33. The highest BCUT2D eigenvalue weighted by atomic mass is 35.5. The molecule has 16 heavy (non-hydrogen) atoms. The van der Waals surface area contributed by atoms with Crippen molar-refractivity contribution in [2.24, 2.45) is 0 Å². The Balaban J connectivity index is 0.00000128. The van der Waals surface area contributed by atoms with E-state index in [-0.39, 0.29) is 12.4 Å². The van der Waals surface area contributed by atoms with Gasteiger partial charge in [0.1, 0.15) is 11.5 Å². The Labute approximate surface area is 106 Å². The molecule has 2 N–H and O–H groups in total. The van der Waals surface area contributed by atoms with E-state index in [2.05, 4.69) is 4.98 Å². The van der Waals surface area contributed by atoms with Crippen LogP contribution in [0.25, 0.3) is 0 Å². The standard InChI is InChI=1S/C9H8N2O2S2.ClH/c1-12-6-2-4-7(5-3-6)13-9-11-8(10)14-15-9;/h2-5,10H,1H3;1H. The first-order valence-electron chi connectivity index (χ1n) is 4.15. The van der Waals surface area contributed by atoms with Crippen molar-refractivity contribution in [1.29, 1.82) is 0 Å². The third-order valence-electron chi connectivity index (χ3n) is 1.66. The quantitative estimate of drug-likeness (QED) is 0.640. The molecule has 0 saturated carbocycles. The lowest BCUT2D eigenvalue weighted by Crippen LogP contribution is -3.00. The Hall–Kier alpha value is -1.11. The van der Waals surface area contributed by atoms with Gasteiger partial charge in [0.15, 0.2) is 0 Å². The molecule has 0 radical (unpaired) electrons. The molecule has 0 fully saturated rings. The molecular formula is C9H9ClN2O2S2. The molecule has 0 spiro atoms. The Bertz CT molecular complexity index is 495. The maximum absolute atomic E-state index is 5.50. The van der Waals surface area contributed by atoms with Crippen molar-refractivity contribution in [3.63, 3.8) is 0 Å². The summed E-state index contributed by atoms with van der Waals surface area (Å²) >= 11 is 0. The summed E-state index contributed by atoms with van der Waals surface area (Å²) in [7, 11) is 4.42. The number of hydrogen-bond donors (Lipinski definition) is 1. The monoisotopic (exact) mass is 276 g/mol. The van der Waals surface area contributed by atoms with Crippen LogP contribution in [0.3, 0.4) is 0 Å². The molecule has 0 atom stereocenters. The second-order valence-corrected chi connectivity index (χ2v) is 4.76. The van der Waals surface area contributed by atoms with Gasteiger partial charge < -0.3 is 21.9 Å². The van der Waals surface area contributed by atoms with Gasteiger partial charge in [0, 0.05) is 25.7 Å². The van der Waals surface area contributed by atoms with Gasteiger partial charge in [0.2, 0.25) is 0 Å². The molecule has 4 nitrogen and oxygen atoms in total. The van der Waals surface area contributed by atoms with E-state index in [1.807, 2.05) is 24.3 Å². The van der Waals surface area contributed by atoms with E-state index in [4.69, 9.17) is 14.9 Å². The van der Waals surface area contributed by atoms with Crippen molar-refractivity contribution < 1.29 is 27.3 Å². The number of aromatic nitrogens is 1. The number of hydrogen-bond acceptors (Lipinski definition) is 5. The zero-order chi connectivity index (χ0) is 10.7. The Morgan fingerprint density at radius 2 is 1.75 bits per heavy atom. The van der Waals surface area contributed by atoms with Crippen LogP contribution in [-0.2, 0) is 0 Å². The molecule has 2 rings (SSSR count). The minimum absolute atomic E-state index is 0. The van der Waals surface area contributed by atoms with E-state index in [1.54, 1.807) is 7.11 Å². The van der Waals surface area contributed by atoms with E-state index in [1.165, 1.54) is 20.7 Å². The van der Waals surface area contributed by atoms with Gasteiger partial charge in [0.05, 0.1) is 7.11 Å². The summed E-state index contributed by atoms with van der Waals surface area (Å²) in [5.41, 5.74) is 0. The molecule has 0 amide bonds. The van der Waals surface area contributed by atoms with Crippen LogP contribution < -0.4 is 32.1 Å². The van der Waals surface area contributed by atoms with Crippen LogP contribution in [0.5, 0.6) is 16.7 Å². The van der Waals surface area contributed by atoms with Crippen molar-refractivity contribution in [1.82, 2.24) is 4.98 Å². The van der Waals surface area contributed by atoms with E-state index in [9.17, 15) is 0 Å². The van der Waals surface area contributed by atoms with Crippen LogP contribution in [0.2, 0.25) is 0 Å². The number of ether oxygens (including phenoxy) is 2. The first-order chi connectivity index (χ1) is 7.28. The van der Waals surface area contributed by atoms with E-state index in [0.717, 1.165) is 11.5 Å². The number of nitrogens with zero attached hydrogens (tertiary/aromatic N) is 1. The summed E-state index contributed by atoms with van der Waals surface area (Å²) in [4.78, 5) is 4.53. The van der Waals surface area contributed by atoms with E-state index in [0.29, 0.717) is 10.00 Å². The Kier molecular flexibility index (Phi) is 4.72. The minimum Gasteiger partial charge on any atom is -1.00 e. The van der Waals surface area contributed by atoms with E-state index < -0.39 is 0 Å². The first kappa shape index (κ1) is 13.0. The van der Waals surface area contributed by atoms with Gasteiger partial charge in [-0.15, -0.1) is 0 Å². The molecule has 0 aliphatic carbocycles. The second-order valence-electron chi connectivity index (χ2n) is 2.66. The molecule has 0 saturated heterocycles. The van der Waals surface area contributed by atoms with Gasteiger partial charge in [-0.1, -0.05) is 0 Å². The van der Waals surface area contributed by atoms with Gasteiger partial charge in [-0.3, -0.25) is 5.41 Å². The van der Waals surface area contributed by atoms with Crippen LogP contribution in [-0.4, -0.2) is 12.1 Å². The lowest BCUT2D eigenvalue weighted by atomic mass is 10.3. The van der Waals surface area contributed by atoms with Crippen molar-refractivity contribution in [2.75, 3.05) is 7.11 Å². The van der Waals surface area contributed by atoms with Crippen LogP contribution in [0.15, 0.2) is 24.3 Å². The highest BCUT2D eigenvalue weighted by molar-refractivity contribution is 7.68. The maximum Gasteiger partial charge on any atom is 0.405 e. The minimum atomic E-state index is 0. The molecule has 1 aromatic carbocycles. The highest BCUT2D eigenvalue weighted by Crippen LogP contribution is 2.25. The van der Waals surface area contributed by atoms with Crippen molar-refractivity contribution in [2.45, 2.75) is 0 Å². The molecule has 1 aromatic heterocycles. The molecule has 7 heteroatoms. The fraction of sp³-hybridized carbons (Fsp3) is 0.111. The van der Waals surface area contributed by atoms with Gasteiger partial charge in [-0.25, -0.2) is 0 Å². The third kappa shape index (κ3) is 3.19. The van der Waals surface area contributed by atoms with Gasteiger partial charge in [0.25, 0.3) is 0 Å². The summed E-state index contributed by atoms with van der Waals surface area (Å²) in [6.45, 7) is 0. The van der Waals surface area contributed by atoms with Crippen LogP contribution >= 0.6 is 20.7 Å². The molecule has 86 valence electrons. The molecule has 0 aliphatic rings. The first-order valence-corrected chi connectivity index (χ1v) is 6.30.